The molecule has 1 fully saturated rings. The number of nitrogens with zero attached hydrogens (tertiary/aromatic N) is 5. The number of aryl methyl sites for hydroxylation is 1. The first-order valence-corrected chi connectivity index (χ1v) is 7.49. The van der Waals surface area contributed by atoms with Crippen LogP contribution in [0.3, 0.4) is 0 Å². The van der Waals surface area contributed by atoms with Crippen LogP contribution in [0.1, 0.15) is 30.5 Å². The highest BCUT2D eigenvalue weighted by molar-refractivity contribution is 6.28. The third-order valence-electron chi connectivity index (χ3n) is 3.61. The molecule has 0 aliphatic carbocycles. The molecule has 1 saturated heterocycles. The predicted octanol–water partition coefficient (Wildman–Crippen LogP) is 2.16. The van der Waals surface area contributed by atoms with Crippen LogP contribution in [-0.4, -0.2) is 38.2 Å². The summed E-state index contributed by atoms with van der Waals surface area (Å²) in [6, 6.07) is 0. The van der Waals surface area contributed by atoms with Gasteiger partial charge in [-0.3, -0.25) is 5.10 Å². The van der Waals surface area contributed by atoms with Crippen molar-refractivity contribution in [2.75, 3.05) is 23.3 Å². The molecule has 0 aromatic carbocycles. The van der Waals surface area contributed by atoms with Crippen LogP contribution in [-0.2, 0) is 6.54 Å². The van der Waals surface area contributed by atoms with Crippen LogP contribution in [0, 0.1) is 6.92 Å². The zero-order valence-electron chi connectivity index (χ0n) is 11.9. The largest absolute Gasteiger partial charge is 0.350 e. The van der Waals surface area contributed by atoms with E-state index in [2.05, 4.69) is 35.4 Å². The maximum atomic E-state index is 6.01. The van der Waals surface area contributed by atoms with Crippen molar-refractivity contribution in [1.82, 2.24) is 25.1 Å². The molecule has 0 amide bonds. The van der Waals surface area contributed by atoms with E-state index in [1.54, 1.807) is 6.20 Å². The Hall–Kier alpha value is -1.89. The Labute approximate surface area is 128 Å². The second kappa shape index (κ2) is 6.26. The van der Waals surface area contributed by atoms with Crippen molar-refractivity contribution in [3.8, 4) is 0 Å². The highest BCUT2D eigenvalue weighted by Crippen LogP contribution is 2.18. The molecule has 0 spiro atoms. The minimum atomic E-state index is 0.219. The summed E-state index contributed by atoms with van der Waals surface area (Å²) in [6.45, 7) is 4.52. The van der Waals surface area contributed by atoms with Gasteiger partial charge in [-0.1, -0.05) is 0 Å². The van der Waals surface area contributed by atoms with Crippen molar-refractivity contribution < 1.29 is 0 Å². The summed E-state index contributed by atoms with van der Waals surface area (Å²) in [4.78, 5) is 15.0. The summed E-state index contributed by atoms with van der Waals surface area (Å²) in [5.74, 6) is 1.15. The standard InChI is InChI=1S/C13H18ClN7/c1-9-10(8-16-20-9)7-15-12-17-11(14)18-13(19-12)21-5-3-2-4-6-21/h8H,2-7H2,1H3,(H,16,20)(H,15,17,18,19). The lowest BCUT2D eigenvalue weighted by Crippen LogP contribution is -2.31. The van der Waals surface area contributed by atoms with Gasteiger partial charge in [0.2, 0.25) is 17.2 Å². The number of rotatable bonds is 4. The Kier molecular flexibility index (Phi) is 4.19. The summed E-state index contributed by atoms with van der Waals surface area (Å²) in [5, 5.41) is 10.3. The fraction of sp³-hybridized carbons (Fsp3) is 0.538. The molecule has 2 aromatic rings. The van der Waals surface area contributed by atoms with Crippen LogP contribution in [0.25, 0.3) is 0 Å². The molecular weight excluding hydrogens is 290 g/mol. The molecular formula is C13H18ClN7. The van der Waals surface area contributed by atoms with Crippen molar-refractivity contribution in [2.24, 2.45) is 0 Å². The van der Waals surface area contributed by atoms with Gasteiger partial charge in [0.25, 0.3) is 0 Å². The predicted molar refractivity (Wildman–Crippen MR) is 81.6 cm³/mol. The molecule has 112 valence electrons. The third-order valence-corrected chi connectivity index (χ3v) is 3.78. The zero-order valence-corrected chi connectivity index (χ0v) is 12.7. The van der Waals surface area contributed by atoms with E-state index in [4.69, 9.17) is 11.6 Å². The molecule has 0 unspecified atom stereocenters. The second-order valence-electron chi connectivity index (χ2n) is 5.15. The maximum Gasteiger partial charge on any atom is 0.231 e. The Morgan fingerprint density at radius 2 is 2.05 bits per heavy atom. The molecule has 1 aliphatic rings. The van der Waals surface area contributed by atoms with Crippen LogP contribution in [0.2, 0.25) is 5.28 Å². The average Bonchev–Trinajstić information content (AvgIpc) is 2.91. The number of hydrogen-bond donors (Lipinski definition) is 2. The second-order valence-corrected chi connectivity index (χ2v) is 5.49. The minimum absolute atomic E-state index is 0.219. The van der Waals surface area contributed by atoms with Crippen molar-refractivity contribution in [3.63, 3.8) is 0 Å². The van der Waals surface area contributed by atoms with Crippen LogP contribution in [0.5, 0.6) is 0 Å². The zero-order chi connectivity index (χ0) is 14.7. The molecule has 8 heteroatoms. The molecule has 3 heterocycles. The van der Waals surface area contributed by atoms with Gasteiger partial charge < -0.3 is 10.2 Å². The van der Waals surface area contributed by atoms with Crippen LogP contribution in [0.4, 0.5) is 11.9 Å². The Balaban J connectivity index is 1.73. The fourth-order valence-electron chi connectivity index (χ4n) is 2.38. The quantitative estimate of drug-likeness (QED) is 0.900. The van der Waals surface area contributed by atoms with Crippen LogP contribution < -0.4 is 10.2 Å². The van der Waals surface area contributed by atoms with Crippen molar-refractivity contribution in [3.05, 3.63) is 22.7 Å². The molecule has 21 heavy (non-hydrogen) atoms. The average molecular weight is 308 g/mol. The first kappa shape index (κ1) is 14.1. The van der Waals surface area contributed by atoms with Gasteiger partial charge in [0.1, 0.15) is 0 Å². The van der Waals surface area contributed by atoms with Gasteiger partial charge in [0, 0.05) is 30.9 Å². The Morgan fingerprint density at radius 3 is 2.76 bits per heavy atom. The van der Waals surface area contributed by atoms with Crippen LogP contribution in [0.15, 0.2) is 6.20 Å². The third kappa shape index (κ3) is 3.41. The summed E-state index contributed by atoms with van der Waals surface area (Å²) < 4.78 is 0. The van der Waals surface area contributed by atoms with E-state index in [1.807, 2.05) is 6.92 Å². The van der Waals surface area contributed by atoms with Crippen molar-refractivity contribution >= 4 is 23.5 Å². The lowest BCUT2D eigenvalue weighted by molar-refractivity contribution is 0.567. The van der Waals surface area contributed by atoms with Gasteiger partial charge in [-0.15, -0.1) is 0 Å². The summed E-state index contributed by atoms with van der Waals surface area (Å²) in [5.41, 5.74) is 2.10. The molecule has 2 N–H and O–H groups in total. The molecule has 0 atom stereocenters. The van der Waals surface area contributed by atoms with Crippen LogP contribution >= 0.6 is 11.6 Å². The Bertz CT molecular complexity index is 606. The summed E-state index contributed by atoms with van der Waals surface area (Å²) >= 11 is 6.01. The first-order chi connectivity index (χ1) is 10.2. The fourth-order valence-corrected chi connectivity index (χ4v) is 2.54. The van der Waals surface area contributed by atoms with Gasteiger partial charge in [0.05, 0.1) is 6.20 Å². The molecule has 0 bridgehead atoms. The number of anilines is 2. The van der Waals surface area contributed by atoms with E-state index in [0.717, 1.165) is 24.3 Å². The Morgan fingerprint density at radius 1 is 1.24 bits per heavy atom. The van der Waals surface area contributed by atoms with E-state index in [0.29, 0.717) is 18.4 Å². The summed E-state index contributed by atoms with van der Waals surface area (Å²) in [7, 11) is 0. The molecule has 0 radical (unpaired) electrons. The van der Waals surface area contributed by atoms with E-state index in [1.165, 1.54) is 19.3 Å². The van der Waals surface area contributed by atoms with Gasteiger partial charge in [0.15, 0.2) is 0 Å². The smallest absolute Gasteiger partial charge is 0.231 e. The number of nitrogens with one attached hydrogen (secondary N) is 2. The number of hydrogen-bond acceptors (Lipinski definition) is 6. The van der Waals surface area contributed by atoms with Gasteiger partial charge in [-0.25, -0.2) is 0 Å². The molecule has 3 rings (SSSR count). The monoisotopic (exact) mass is 307 g/mol. The number of H-pyrrole nitrogens is 1. The molecule has 2 aromatic heterocycles. The molecule has 0 saturated carbocycles. The van der Waals surface area contributed by atoms with Gasteiger partial charge >= 0.3 is 0 Å². The number of halogens is 1. The number of piperidine rings is 1. The van der Waals surface area contributed by atoms with E-state index < -0.39 is 0 Å². The van der Waals surface area contributed by atoms with Crippen molar-refractivity contribution in [1.29, 1.82) is 0 Å². The van der Waals surface area contributed by atoms with E-state index in [9.17, 15) is 0 Å². The van der Waals surface area contributed by atoms with E-state index >= 15 is 0 Å². The lowest BCUT2D eigenvalue weighted by atomic mass is 10.1. The SMILES string of the molecule is Cc1[nH]ncc1CNc1nc(Cl)nc(N2CCCCC2)n1. The summed E-state index contributed by atoms with van der Waals surface area (Å²) in [6.07, 6.45) is 5.39. The normalized spacial score (nSPS) is 15.2. The minimum Gasteiger partial charge on any atom is -0.350 e. The maximum absolute atomic E-state index is 6.01. The highest BCUT2D eigenvalue weighted by atomic mass is 35.5. The van der Waals surface area contributed by atoms with Crippen molar-refractivity contribution in [2.45, 2.75) is 32.7 Å². The first-order valence-electron chi connectivity index (χ1n) is 7.11. The highest BCUT2D eigenvalue weighted by Gasteiger charge is 2.15. The number of aromatic nitrogens is 5. The lowest BCUT2D eigenvalue weighted by Gasteiger charge is -2.26. The molecule has 1 aliphatic heterocycles. The molecule has 7 nitrogen and oxygen atoms in total. The topological polar surface area (TPSA) is 82.6 Å². The number of aromatic amines is 1. The van der Waals surface area contributed by atoms with Gasteiger partial charge in [-0.2, -0.15) is 20.1 Å². The van der Waals surface area contributed by atoms with E-state index in [-0.39, 0.29) is 5.28 Å². The van der Waals surface area contributed by atoms with Gasteiger partial charge in [-0.05, 0) is 37.8 Å².